The lowest BCUT2D eigenvalue weighted by atomic mass is 9.98. The van der Waals surface area contributed by atoms with Crippen molar-refractivity contribution >= 4 is 22.2 Å². The van der Waals surface area contributed by atoms with Crippen LogP contribution in [-0.4, -0.2) is 24.0 Å². The Morgan fingerprint density at radius 3 is 2.70 bits per heavy atom. The smallest absolute Gasteiger partial charge is 0.291 e. The van der Waals surface area contributed by atoms with E-state index in [0.29, 0.717) is 5.76 Å². The molecule has 4 heterocycles. The molecule has 1 saturated heterocycles. The number of nitrogens with one attached hydrogen (secondary N) is 2. The maximum absolute atomic E-state index is 12.6. The van der Waals surface area contributed by atoms with Crippen molar-refractivity contribution in [3.8, 4) is 0 Å². The monoisotopic (exact) mass is 382 g/mol. The van der Waals surface area contributed by atoms with Crippen molar-refractivity contribution in [2.75, 3.05) is 18.4 Å². The lowest BCUT2D eigenvalue weighted by Gasteiger charge is -2.25. The van der Waals surface area contributed by atoms with Gasteiger partial charge in [-0.3, -0.25) is 9.78 Å². The molecule has 0 radical (unpaired) electrons. The molecule has 6 heteroatoms. The van der Waals surface area contributed by atoms with Crippen LogP contribution in [0.1, 0.15) is 51.1 Å². The number of nitrogens with zero attached hydrogens (tertiary/aromatic N) is 1. The van der Waals surface area contributed by atoms with Crippen molar-refractivity contribution in [1.82, 2.24) is 4.98 Å². The van der Waals surface area contributed by atoms with Crippen molar-refractivity contribution in [2.45, 2.75) is 32.7 Å². The lowest BCUT2D eigenvalue weighted by Crippen LogP contribution is -3.10. The van der Waals surface area contributed by atoms with Crippen LogP contribution in [0.25, 0.3) is 0 Å². The third kappa shape index (κ3) is 3.55. The third-order valence-electron chi connectivity index (χ3n) is 5.33. The van der Waals surface area contributed by atoms with Crippen molar-refractivity contribution in [3.05, 3.63) is 70.3 Å². The van der Waals surface area contributed by atoms with Gasteiger partial charge in [0, 0.05) is 23.9 Å². The molecule has 1 fully saturated rings. The predicted molar refractivity (Wildman–Crippen MR) is 106 cm³/mol. The molecule has 0 aliphatic carbocycles. The zero-order chi connectivity index (χ0) is 18.8. The summed E-state index contributed by atoms with van der Waals surface area (Å²) in [5, 5.41) is 4.00. The van der Waals surface area contributed by atoms with Crippen LogP contribution in [-0.2, 0) is 0 Å². The normalized spacial score (nSPS) is 15.8. The number of pyridine rings is 1. The number of quaternary nitrogens is 1. The topological polar surface area (TPSA) is 59.6 Å². The Morgan fingerprint density at radius 1 is 1.22 bits per heavy atom. The molecule has 1 atom stereocenters. The third-order valence-corrected chi connectivity index (χ3v) is 6.47. The van der Waals surface area contributed by atoms with E-state index in [1.807, 2.05) is 18.3 Å². The highest BCUT2D eigenvalue weighted by molar-refractivity contribution is 7.16. The fraction of sp³-hybridized carbons (Fsp3) is 0.333. The first-order chi connectivity index (χ1) is 13.1. The second-order valence-corrected chi connectivity index (χ2v) is 8.24. The molecule has 2 N–H and O–H groups in total. The molecule has 0 unspecified atom stereocenters. The average molecular weight is 383 g/mol. The molecule has 27 heavy (non-hydrogen) atoms. The number of aryl methyl sites for hydroxylation is 1. The van der Waals surface area contributed by atoms with E-state index in [-0.39, 0.29) is 11.9 Å². The Kier molecular flexibility index (Phi) is 5.09. The molecule has 1 aliphatic rings. The summed E-state index contributed by atoms with van der Waals surface area (Å²) in [6.45, 7) is 6.51. The van der Waals surface area contributed by atoms with Gasteiger partial charge >= 0.3 is 0 Å². The number of thiophene rings is 1. The highest BCUT2D eigenvalue weighted by atomic mass is 32.1. The highest BCUT2D eigenvalue weighted by Gasteiger charge is 2.35. The van der Waals surface area contributed by atoms with E-state index in [9.17, 15) is 4.79 Å². The van der Waals surface area contributed by atoms with Crippen LogP contribution in [0.4, 0.5) is 5.00 Å². The summed E-state index contributed by atoms with van der Waals surface area (Å²) < 4.78 is 5.26. The van der Waals surface area contributed by atoms with Gasteiger partial charge in [-0.25, -0.2) is 0 Å². The van der Waals surface area contributed by atoms with Gasteiger partial charge in [-0.15, -0.1) is 11.3 Å². The van der Waals surface area contributed by atoms with Gasteiger partial charge in [-0.2, -0.15) is 0 Å². The molecular formula is C21H24N3O2S+. The van der Waals surface area contributed by atoms with Crippen LogP contribution >= 0.6 is 11.3 Å². The minimum absolute atomic E-state index is 0.130. The number of rotatable bonds is 5. The van der Waals surface area contributed by atoms with Crippen LogP contribution in [0.3, 0.4) is 0 Å². The van der Waals surface area contributed by atoms with Gasteiger partial charge in [0.2, 0.25) is 0 Å². The van der Waals surface area contributed by atoms with E-state index >= 15 is 0 Å². The lowest BCUT2D eigenvalue weighted by molar-refractivity contribution is -0.913. The quantitative estimate of drug-likeness (QED) is 0.711. The van der Waals surface area contributed by atoms with Crippen molar-refractivity contribution in [1.29, 1.82) is 0 Å². The standard InChI is InChI=1S/C21H23N3O2S/c1-14-15(2)27-21(23-20(25)17-9-7-13-26-17)18(14)19(24-11-5-6-12-24)16-8-3-4-10-22-16/h3-4,7-10,13,19H,5-6,11-12H2,1-2H3,(H,23,25)/p+1/t19-/m0/s1. The minimum Gasteiger partial charge on any atom is -0.459 e. The second kappa shape index (κ2) is 7.66. The number of aromatic nitrogens is 1. The Labute approximate surface area is 163 Å². The van der Waals surface area contributed by atoms with E-state index in [1.165, 1.54) is 40.0 Å². The van der Waals surface area contributed by atoms with Crippen LogP contribution in [0, 0.1) is 13.8 Å². The molecule has 1 amide bonds. The van der Waals surface area contributed by atoms with Crippen LogP contribution in [0.5, 0.6) is 0 Å². The van der Waals surface area contributed by atoms with Gasteiger partial charge in [-0.05, 0) is 43.7 Å². The fourth-order valence-corrected chi connectivity index (χ4v) is 4.98. The van der Waals surface area contributed by atoms with E-state index in [0.717, 1.165) is 23.8 Å². The first-order valence-electron chi connectivity index (χ1n) is 9.35. The Bertz CT molecular complexity index is 913. The van der Waals surface area contributed by atoms with E-state index < -0.39 is 0 Å². The molecule has 0 saturated carbocycles. The van der Waals surface area contributed by atoms with Gasteiger partial charge in [0.05, 0.1) is 24.9 Å². The molecule has 4 rings (SSSR count). The number of anilines is 1. The Balaban J connectivity index is 1.76. The molecule has 3 aromatic rings. The Hall–Kier alpha value is -2.44. The predicted octanol–water partition coefficient (Wildman–Crippen LogP) is 3.37. The summed E-state index contributed by atoms with van der Waals surface area (Å²) in [4.78, 5) is 20.0. The molecule has 0 spiro atoms. The van der Waals surface area contributed by atoms with E-state index in [2.05, 4.69) is 30.2 Å². The van der Waals surface area contributed by atoms with Gasteiger partial charge in [0.1, 0.15) is 10.7 Å². The molecule has 3 aromatic heterocycles. The van der Waals surface area contributed by atoms with Crippen LogP contribution < -0.4 is 10.2 Å². The van der Waals surface area contributed by atoms with Gasteiger partial charge in [0.15, 0.2) is 11.8 Å². The molecule has 1 aliphatic heterocycles. The summed E-state index contributed by atoms with van der Waals surface area (Å²) in [5.74, 6) is 0.117. The number of amides is 1. The number of likely N-dealkylation sites (tertiary alicyclic amines) is 1. The zero-order valence-electron chi connectivity index (χ0n) is 15.6. The Morgan fingerprint density at radius 2 is 2.04 bits per heavy atom. The number of carbonyl (C=O) groups excluding carboxylic acids is 1. The first-order valence-corrected chi connectivity index (χ1v) is 10.2. The average Bonchev–Trinajstić information content (AvgIpc) is 3.42. The summed E-state index contributed by atoms with van der Waals surface area (Å²) in [7, 11) is 0. The van der Waals surface area contributed by atoms with Gasteiger partial charge < -0.3 is 14.6 Å². The molecule has 0 aromatic carbocycles. The summed E-state index contributed by atoms with van der Waals surface area (Å²) in [6.07, 6.45) is 5.84. The first kappa shape index (κ1) is 17.9. The number of hydrogen-bond acceptors (Lipinski definition) is 4. The van der Waals surface area contributed by atoms with Gasteiger partial charge in [-0.1, -0.05) is 6.07 Å². The summed E-state index contributed by atoms with van der Waals surface area (Å²) >= 11 is 1.63. The minimum atomic E-state index is -0.210. The zero-order valence-corrected chi connectivity index (χ0v) is 16.4. The number of carbonyl (C=O) groups is 1. The SMILES string of the molecule is Cc1sc(NC(=O)c2ccco2)c([C@H](c2ccccn2)[NH+]2CCCC2)c1C. The molecule has 5 nitrogen and oxygen atoms in total. The maximum atomic E-state index is 12.6. The van der Waals surface area contributed by atoms with Crippen molar-refractivity contribution in [3.63, 3.8) is 0 Å². The van der Waals surface area contributed by atoms with Crippen LogP contribution in [0.15, 0.2) is 47.2 Å². The molecular weight excluding hydrogens is 358 g/mol. The number of hydrogen-bond donors (Lipinski definition) is 2. The fourth-order valence-electron chi connectivity index (χ4n) is 3.88. The highest BCUT2D eigenvalue weighted by Crippen LogP contribution is 2.38. The van der Waals surface area contributed by atoms with Crippen LogP contribution in [0.2, 0.25) is 0 Å². The van der Waals surface area contributed by atoms with Gasteiger partial charge in [0.25, 0.3) is 5.91 Å². The van der Waals surface area contributed by atoms with E-state index in [1.54, 1.807) is 23.5 Å². The summed E-state index contributed by atoms with van der Waals surface area (Å²) in [5.41, 5.74) is 3.49. The largest absolute Gasteiger partial charge is 0.459 e. The van der Waals surface area contributed by atoms with Crippen molar-refractivity contribution < 1.29 is 14.1 Å². The van der Waals surface area contributed by atoms with E-state index in [4.69, 9.17) is 4.42 Å². The second-order valence-electron chi connectivity index (χ2n) is 7.01. The van der Waals surface area contributed by atoms with Crippen molar-refractivity contribution in [2.24, 2.45) is 0 Å². The molecule has 0 bridgehead atoms. The maximum Gasteiger partial charge on any atom is 0.291 e. The number of furan rings is 1. The molecule has 140 valence electrons. The summed E-state index contributed by atoms with van der Waals surface area (Å²) in [6, 6.07) is 9.63.